The normalized spacial score (nSPS) is 17.3. The molecule has 4 nitrogen and oxygen atoms in total. The maximum atomic E-state index is 10.6. The molecule has 0 radical (unpaired) electrons. The third kappa shape index (κ3) is 1.07. The lowest BCUT2D eigenvalue weighted by Crippen LogP contribution is -2.11. The molecule has 0 aromatic rings. The van der Waals surface area contributed by atoms with Crippen LogP contribution in [0.2, 0.25) is 0 Å². The van der Waals surface area contributed by atoms with Crippen molar-refractivity contribution in [3.05, 3.63) is 12.3 Å². The molecule has 0 saturated heterocycles. The van der Waals surface area contributed by atoms with Gasteiger partial charge in [0.05, 0.1) is 0 Å². The van der Waals surface area contributed by atoms with Crippen molar-refractivity contribution in [3.8, 4) is 0 Å². The van der Waals surface area contributed by atoms with Crippen LogP contribution in [-0.4, -0.2) is 11.6 Å². The van der Waals surface area contributed by atoms with Gasteiger partial charge in [0.15, 0.2) is 0 Å². The van der Waals surface area contributed by atoms with Crippen LogP contribution in [0.1, 0.15) is 6.42 Å². The van der Waals surface area contributed by atoms with E-state index in [1.54, 1.807) is 6.08 Å². The molecule has 0 fully saturated rings. The quantitative estimate of drug-likeness (QED) is 0.478. The van der Waals surface area contributed by atoms with Gasteiger partial charge in [-0.3, -0.25) is 4.79 Å². The van der Waals surface area contributed by atoms with Crippen LogP contribution in [0.15, 0.2) is 22.4 Å². The lowest BCUT2D eigenvalue weighted by Gasteiger charge is -1.96. The third-order valence-electron chi connectivity index (χ3n) is 0.961. The van der Waals surface area contributed by atoms with Crippen molar-refractivity contribution >= 4 is 11.6 Å². The van der Waals surface area contributed by atoms with Crippen molar-refractivity contribution in [2.45, 2.75) is 6.42 Å². The summed E-state index contributed by atoms with van der Waals surface area (Å²) >= 11 is 0. The van der Waals surface area contributed by atoms with Gasteiger partial charge >= 0.3 is 0 Å². The number of rotatable bonds is 0. The molecule has 0 aliphatic carbocycles. The number of hydrogen-bond acceptors (Lipinski definition) is 4. The number of nitrogens with zero attached hydrogens (tertiary/aromatic N) is 2. The summed E-state index contributed by atoms with van der Waals surface area (Å²) < 4.78 is 0. The Bertz CT molecular complexity index is 204. The molecule has 0 unspecified atom stereocenters. The van der Waals surface area contributed by atoms with E-state index in [-0.39, 0.29) is 11.6 Å². The number of carbonyl (C=O) groups is 1. The molecule has 4 heteroatoms. The number of hydrogen-bond donors (Lipinski definition) is 1. The lowest BCUT2D eigenvalue weighted by molar-refractivity contribution is -0.112. The first-order valence-corrected chi connectivity index (χ1v) is 2.48. The van der Waals surface area contributed by atoms with Crippen LogP contribution in [0.4, 0.5) is 0 Å². The smallest absolute Gasteiger partial charge is 0.217 e. The molecule has 0 saturated carbocycles. The van der Waals surface area contributed by atoms with Gasteiger partial charge in [-0.2, -0.15) is 0 Å². The van der Waals surface area contributed by atoms with Crippen molar-refractivity contribution in [2.24, 2.45) is 10.1 Å². The molecule has 0 aromatic heterocycles. The van der Waals surface area contributed by atoms with Gasteiger partial charge in [0.1, 0.15) is 0 Å². The van der Waals surface area contributed by atoms with Gasteiger partial charge in [0, 0.05) is 12.6 Å². The predicted molar refractivity (Wildman–Crippen MR) is 31.3 cm³/mol. The van der Waals surface area contributed by atoms with Crippen molar-refractivity contribution in [2.75, 3.05) is 0 Å². The van der Waals surface area contributed by atoms with Crippen LogP contribution in [0.25, 0.3) is 0 Å². The largest absolute Gasteiger partial charge is 0.290 e. The molecule has 1 rings (SSSR count). The zero-order valence-electron chi connectivity index (χ0n) is 4.66. The van der Waals surface area contributed by atoms with E-state index in [0.717, 1.165) is 0 Å². The van der Waals surface area contributed by atoms with Gasteiger partial charge in [-0.15, -0.1) is 5.11 Å². The highest BCUT2D eigenvalue weighted by molar-refractivity contribution is 6.39. The first-order chi connectivity index (χ1) is 4.34. The molecule has 9 heavy (non-hydrogen) atoms. The van der Waals surface area contributed by atoms with E-state index in [4.69, 9.17) is 5.53 Å². The second-order valence-corrected chi connectivity index (χ2v) is 1.58. The Hall–Kier alpha value is -1.32. The average molecular weight is 123 g/mol. The van der Waals surface area contributed by atoms with E-state index in [9.17, 15) is 4.79 Å². The Morgan fingerprint density at radius 1 is 1.78 bits per heavy atom. The van der Waals surface area contributed by atoms with Crippen molar-refractivity contribution in [1.29, 1.82) is 5.53 Å². The Morgan fingerprint density at radius 3 is 3.00 bits per heavy atom. The Balaban J connectivity index is 2.86. The van der Waals surface area contributed by atoms with E-state index < -0.39 is 0 Å². The summed E-state index contributed by atoms with van der Waals surface area (Å²) in [7, 11) is 0. The number of Topliss-reactive ketones (excluding diaryl/α,β-unsaturated/α-hetero) is 1. The highest BCUT2D eigenvalue weighted by Gasteiger charge is 2.09. The average Bonchev–Trinajstić information content (AvgIpc) is 1.89. The number of allylic oxidation sites excluding steroid dienone is 1. The summed E-state index contributed by atoms with van der Waals surface area (Å²) in [4.78, 5) is 14.2. The fourth-order valence-electron chi connectivity index (χ4n) is 0.538. The number of carbonyl (C=O) groups excluding carboxylic acids is 1. The van der Waals surface area contributed by atoms with Crippen LogP contribution in [0.3, 0.4) is 0 Å². The minimum Gasteiger partial charge on any atom is -0.290 e. The second-order valence-electron chi connectivity index (χ2n) is 1.58. The molecule has 1 aliphatic rings. The Kier molecular flexibility index (Phi) is 1.48. The zero-order valence-corrected chi connectivity index (χ0v) is 4.66. The molecular formula is C5H5N3O. The molecule has 46 valence electrons. The fourth-order valence-corrected chi connectivity index (χ4v) is 0.538. The highest BCUT2D eigenvalue weighted by atomic mass is 16.1. The van der Waals surface area contributed by atoms with Gasteiger partial charge in [0.25, 0.3) is 0 Å². The van der Waals surface area contributed by atoms with Crippen molar-refractivity contribution in [1.82, 2.24) is 0 Å². The molecule has 1 heterocycles. The van der Waals surface area contributed by atoms with E-state index in [1.165, 1.54) is 6.20 Å². The molecule has 0 amide bonds. The summed E-state index contributed by atoms with van der Waals surface area (Å²) in [5.41, 5.74) is 6.47. The molecule has 0 bridgehead atoms. The number of ketones is 1. The van der Waals surface area contributed by atoms with E-state index in [2.05, 4.69) is 10.1 Å². The maximum absolute atomic E-state index is 10.6. The summed E-state index contributed by atoms with van der Waals surface area (Å²) in [6.45, 7) is 0. The lowest BCUT2D eigenvalue weighted by atomic mass is 10.2. The van der Waals surface area contributed by atoms with E-state index in [1.807, 2.05) is 0 Å². The van der Waals surface area contributed by atoms with Crippen molar-refractivity contribution < 1.29 is 4.79 Å². The summed E-state index contributed by atoms with van der Waals surface area (Å²) in [6.07, 6.45) is 3.44. The Labute approximate surface area is 51.8 Å². The number of amidine groups is 1. The monoisotopic (exact) mass is 123 g/mol. The van der Waals surface area contributed by atoms with Gasteiger partial charge in [-0.05, 0) is 0 Å². The molecule has 0 aromatic carbocycles. The minimum atomic E-state index is -0.187. The third-order valence-corrected chi connectivity index (χ3v) is 0.961. The highest BCUT2D eigenvalue weighted by Crippen LogP contribution is 1.98. The summed E-state index contributed by atoms with van der Waals surface area (Å²) in [5.74, 6) is -0.190. The number of nitrogens with one attached hydrogen (secondary N) is 1. The maximum Gasteiger partial charge on any atom is 0.217 e. The first kappa shape index (κ1) is 5.81. The predicted octanol–water partition coefficient (Wildman–Crippen LogP) is 0.902. The van der Waals surface area contributed by atoms with Crippen LogP contribution < -0.4 is 0 Å². The van der Waals surface area contributed by atoms with Crippen LogP contribution in [-0.2, 0) is 4.79 Å². The second kappa shape index (κ2) is 2.30. The molecule has 1 N–H and O–H groups in total. The zero-order chi connectivity index (χ0) is 6.69. The fraction of sp³-hybridized carbons (Fsp3) is 0.200. The SMILES string of the molecule is N=NC1=NC=CCC1=O. The van der Waals surface area contributed by atoms with Crippen molar-refractivity contribution in [3.63, 3.8) is 0 Å². The minimum absolute atomic E-state index is 0.00231. The van der Waals surface area contributed by atoms with Gasteiger partial charge in [-0.25, -0.2) is 10.5 Å². The summed E-state index contributed by atoms with van der Waals surface area (Å²) in [5, 5.41) is 2.93. The molecule has 0 atom stereocenters. The topological polar surface area (TPSA) is 65.6 Å². The van der Waals surface area contributed by atoms with Gasteiger partial charge < -0.3 is 0 Å². The van der Waals surface area contributed by atoms with Gasteiger partial charge in [-0.1, -0.05) is 6.08 Å². The molecule has 0 spiro atoms. The van der Waals surface area contributed by atoms with E-state index in [0.29, 0.717) is 6.42 Å². The van der Waals surface area contributed by atoms with Crippen LogP contribution >= 0.6 is 0 Å². The molecular weight excluding hydrogens is 118 g/mol. The standard InChI is InChI=1S/C5H5N3O/c6-8-5-4(9)2-1-3-7-5/h1,3,6H,2H2. The van der Waals surface area contributed by atoms with Crippen LogP contribution in [0, 0.1) is 5.53 Å². The Morgan fingerprint density at radius 2 is 2.56 bits per heavy atom. The first-order valence-electron chi connectivity index (χ1n) is 2.48. The molecule has 1 aliphatic heterocycles. The summed E-state index contributed by atoms with van der Waals surface area (Å²) in [6, 6.07) is 0. The van der Waals surface area contributed by atoms with Gasteiger partial charge in [0.2, 0.25) is 11.6 Å². The number of aliphatic imine (C=N–C) groups is 1. The van der Waals surface area contributed by atoms with Crippen LogP contribution in [0.5, 0.6) is 0 Å². The van der Waals surface area contributed by atoms with E-state index >= 15 is 0 Å².